The van der Waals surface area contributed by atoms with E-state index in [2.05, 4.69) is 5.32 Å². The fourth-order valence-electron chi connectivity index (χ4n) is 2.13. The third-order valence-corrected chi connectivity index (χ3v) is 3.32. The lowest BCUT2D eigenvalue weighted by molar-refractivity contribution is -0.123. The summed E-state index contributed by atoms with van der Waals surface area (Å²) in [5.74, 6) is -0.741. The summed E-state index contributed by atoms with van der Waals surface area (Å²) < 4.78 is 47.2. The van der Waals surface area contributed by atoms with Gasteiger partial charge in [-0.25, -0.2) is 0 Å². The second-order valence-electron chi connectivity index (χ2n) is 5.33. The van der Waals surface area contributed by atoms with Crippen LogP contribution in [0.3, 0.4) is 0 Å². The van der Waals surface area contributed by atoms with E-state index in [0.29, 0.717) is 11.5 Å². The van der Waals surface area contributed by atoms with Gasteiger partial charge in [0.2, 0.25) is 0 Å². The molecule has 2 amide bonds. The van der Waals surface area contributed by atoms with Crippen molar-refractivity contribution >= 4 is 17.5 Å². The van der Waals surface area contributed by atoms with Crippen molar-refractivity contribution in [2.45, 2.75) is 6.18 Å². The summed E-state index contributed by atoms with van der Waals surface area (Å²) in [5, 5.41) is 4.21. The predicted molar refractivity (Wildman–Crippen MR) is 91.9 cm³/mol. The van der Waals surface area contributed by atoms with E-state index >= 15 is 0 Å². The van der Waals surface area contributed by atoms with Crippen molar-refractivity contribution in [3.05, 3.63) is 54.1 Å². The Bertz CT molecular complexity index is 809. The van der Waals surface area contributed by atoms with Crippen LogP contribution < -0.4 is 20.1 Å². The maximum atomic E-state index is 12.3. The Hall–Kier alpha value is -3.23. The van der Waals surface area contributed by atoms with Gasteiger partial charge in [-0.3, -0.25) is 9.59 Å². The number of amides is 2. The van der Waals surface area contributed by atoms with E-state index in [4.69, 9.17) is 9.47 Å². The van der Waals surface area contributed by atoms with E-state index < -0.39 is 24.5 Å². The quantitative estimate of drug-likeness (QED) is 0.772. The summed E-state index contributed by atoms with van der Waals surface area (Å²) in [4.78, 5) is 24.0. The van der Waals surface area contributed by atoms with Crippen LogP contribution in [0.15, 0.2) is 48.5 Å². The average Bonchev–Trinajstić information content (AvgIpc) is 2.64. The number of anilines is 1. The van der Waals surface area contributed by atoms with Crippen molar-refractivity contribution in [3.63, 3.8) is 0 Å². The molecular weight excluding hydrogens is 365 g/mol. The number of hydrogen-bond acceptors (Lipinski definition) is 4. The molecule has 0 radical (unpaired) electrons. The molecule has 0 unspecified atom stereocenters. The highest BCUT2D eigenvalue weighted by atomic mass is 19.4. The molecule has 0 saturated carbocycles. The predicted octanol–water partition coefficient (Wildman–Crippen LogP) is 3.00. The van der Waals surface area contributed by atoms with Crippen LogP contribution in [0.5, 0.6) is 11.5 Å². The molecule has 0 aliphatic rings. The number of para-hydroxylation sites is 3. The number of alkyl halides is 3. The van der Waals surface area contributed by atoms with Crippen molar-refractivity contribution in [1.82, 2.24) is 5.32 Å². The average molecular weight is 382 g/mol. The third kappa shape index (κ3) is 6.21. The Labute approximate surface area is 153 Å². The minimum Gasteiger partial charge on any atom is -0.493 e. The molecule has 0 aliphatic heterocycles. The minimum absolute atomic E-state index is 0.0748. The van der Waals surface area contributed by atoms with Crippen LogP contribution in [0.25, 0.3) is 0 Å². The Morgan fingerprint density at radius 1 is 1.00 bits per heavy atom. The molecule has 0 spiro atoms. The van der Waals surface area contributed by atoms with E-state index in [0.717, 1.165) is 0 Å². The summed E-state index contributed by atoms with van der Waals surface area (Å²) in [6.07, 6.45) is -4.53. The zero-order valence-corrected chi connectivity index (χ0v) is 14.3. The van der Waals surface area contributed by atoms with Crippen molar-refractivity contribution in [3.8, 4) is 11.5 Å². The maximum absolute atomic E-state index is 12.3. The first-order chi connectivity index (χ1) is 12.8. The summed E-state index contributed by atoms with van der Waals surface area (Å²) in [5.41, 5.74) is -0.0156. The Kier molecular flexibility index (Phi) is 6.64. The van der Waals surface area contributed by atoms with E-state index in [1.54, 1.807) is 29.6 Å². The van der Waals surface area contributed by atoms with Gasteiger partial charge < -0.3 is 20.1 Å². The minimum atomic E-state index is -4.53. The normalized spacial score (nSPS) is 10.8. The van der Waals surface area contributed by atoms with Gasteiger partial charge in [-0.05, 0) is 24.3 Å². The molecule has 0 bridgehead atoms. The van der Waals surface area contributed by atoms with Gasteiger partial charge in [-0.2, -0.15) is 13.2 Å². The number of carbonyl (C=O) groups excluding carboxylic acids is 2. The number of rotatable bonds is 7. The molecule has 9 heteroatoms. The van der Waals surface area contributed by atoms with Crippen LogP contribution in [0, 0.1) is 0 Å². The smallest absolute Gasteiger partial charge is 0.405 e. The second kappa shape index (κ2) is 8.93. The zero-order valence-electron chi connectivity index (χ0n) is 14.3. The van der Waals surface area contributed by atoms with E-state index in [9.17, 15) is 22.8 Å². The van der Waals surface area contributed by atoms with Gasteiger partial charge in [0.25, 0.3) is 11.8 Å². The molecule has 27 heavy (non-hydrogen) atoms. The number of methoxy groups -OCH3 is 1. The first kappa shape index (κ1) is 20.1. The molecule has 144 valence electrons. The number of ether oxygens (including phenoxy) is 2. The lowest BCUT2D eigenvalue weighted by Gasteiger charge is -2.13. The monoisotopic (exact) mass is 382 g/mol. The van der Waals surface area contributed by atoms with Gasteiger partial charge in [0, 0.05) is 0 Å². The van der Waals surface area contributed by atoms with Crippen LogP contribution in [0.1, 0.15) is 10.4 Å². The van der Waals surface area contributed by atoms with Crippen LogP contribution in [-0.4, -0.2) is 38.3 Å². The zero-order chi connectivity index (χ0) is 19.9. The highest BCUT2D eigenvalue weighted by Gasteiger charge is 2.28. The second-order valence-corrected chi connectivity index (χ2v) is 5.33. The number of halogens is 3. The standard InChI is InChI=1S/C18H17F3N2O4/c1-26-14-8-4-5-9-15(14)27-10-16(24)23-13-7-3-2-6-12(13)17(25)22-11-18(19,20)21/h2-9H,10-11H2,1H3,(H,22,25)(H,23,24). The summed E-state index contributed by atoms with van der Waals surface area (Å²) in [7, 11) is 1.46. The SMILES string of the molecule is COc1ccccc1OCC(=O)Nc1ccccc1C(=O)NCC(F)(F)F. The molecule has 0 fully saturated rings. The highest BCUT2D eigenvalue weighted by molar-refractivity contribution is 6.04. The molecule has 2 aromatic rings. The highest BCUT2D eigenvalue weighted by Crippen LogP contribution is 2.25. The molecule has 2 aromatic carbocycles. The maximum Gasteiger partial charge on any atom is 0.405 e. The van der Waals surface area contributed by atoms with Crippen molar-refractivity contribution < 1.29 is 32.2 Å². The lowest BCUT2D eigenvalue weighted by Crippen LogP contribution is -2.34. The molecular formula is C18H17F3N2O4. The molecule has 0 atom stereocenters. The van der Waals surface area contributed by atoms with E-state index in [1.807, 2.05) is 0 Å². The summed E-state index contributed by atoms with van der Waals surface area (Å²) >= 11 is 0. The largest absolute Gasteiger partial charge is 0.493 e. The fourth-order valence-corrected chi connectivity index (χ4v) is 2.13. The van der Waals surface area contributed by atoms with Gasteiger partial charge in [0.15, 0.2) is 18.1 Å². The number of carbonyl (C=O) groups is 2. The van der Waals surface area contributed by atoms with Crippen LogP contribution in [0.4, 0.5) is 18.9 Å². The van der Waals surface area contributed by atoms with E-state index in [-0.39, 0.29) is 17.9 Å². The van der Waals surface area contributed by atoms with Gasteiger partial charge in [0.05, 0.1) is 18.4 Å². The molecule has 0 heterocycles. The van der Waals surface area contributed by atoms with E-state index in [1.165, 1.54) is 31.4 Å². The Balaban J connectivity index is 2.00. The molecule has 6 nitrogen and oxygen atoms in total. The van der Waals surface area contributed by atoms with Gasteiger partial charge in [0.1, 0.15) is 6.54 Å². The molecule has 0 saturated heterocycles. The topological polar surface area (TPSA) is 76.7 Å². The molecule has 2 N–H and O–H groups in total. The molecule has 0 aromatic heterocycles. The number of hydrogen-bond donors (Lipinski definition) is 2. The fraction of sp³-hybridized carbons (Fsp3) is 0.222. The van der Waals surface area contributed by atoms with Gasteiger partial charge >= 0.3 is 6.18 Å². The Morgan fingerprint density at radius 2 is 1.63 bits per heavy atom. The van der Waals surface area contributed by atoms with Gasteiger partial charge in [-0.1, -0.05) is 24.3 Å². The van der Waals surface area contributed by atoms with Crippen LogP contribution in [-0.2, 0) is 4.79 Å². The van der Waals surface area contributed by atoms with Crippen molar-refractivity contribution in [2.75, 3.05) is 25.6 Å². The third-order valence-electron chi connectivity index (χ3n) is 3.32. The summed E-state index contributed by atoms with van der Waals surface area (Å²) in [6, 6.07) is 12.4. The van der Waals surface area contributed by atoms with Crippen molar-refractivity contribution in [2.24, 2.45) is 0 Å². The first-order valence-electron chi connectivity index (χ1n) is 7.80. The van der Waals surface area contributed by atoms with Crippen LogP contribution in [0.2, 0.25) is 0 Å². The van der Waals surface area contributed by atoms with Gasteiger partial charge in [-0.15, -0.1) is 0 Å². The first-order valence-corrected chi connectivity index (χ1v) is 7.80. The number of benzene rings is 2. The number of nitrogens with one attached hydrogen (secondary N) is 2. The molecule has 0 aliphatic carbocycles. The van der Waals surface area contributed by atoms with Crippen LogP contribution >= 0.6 is 0 Å². The molecule has 2 rings (SSSR count). The summed E-state index contributed by atoms with van der Waals surface area (Å²) in [6.45, 7) is -1.84. The van der Waals surface area contributed by atoms with Crippen molar-refractivity contribution in [1.29, 1.82) is 0 Å². The lowest BCUT2D eigenvalue weighted by atomic mass is 10.1. The Morgan fingerprint density at radius 3 is 2.30 bits per heavy atom.